The summed E-state index contributed by atoms with van der Waals surface area (Å²) in [6.07, 6.45) is 2.98. The van der Waals surface area contributed by atoms with E-state index in [0.717, 1.165) is 46.2 Å². The van der Waals surface area contributed by atoms with Gasteiger partial charge in [-0.15, -0.1) is 11.3 Å². The number of hydrogen-bond acceptors (Lipinski definition) is 3. The van der Waals surface area contributed by atoms with E-state index in [1.165, 1.54) is 16.9 Å². The summed E-state index contributed by atoms with van der Waals surface area (Å²) in [5.74, 6) is -0.251. The standard InChI is InChI=1S/C20H17ClN2OS/c1-12-9-10-15-17(11-12)25-19(18(15)21)20(24)23-22-16-8-4-6-13-5-2-3-7-14(13)16/h2-3,5,7,9-11H,4,6,8H2,1H3,(H,23,24). The van der Waals surface area contributed by atoms with E-state index < -0.39 is 0 Å². The highest BCUT2D eigenvalue weighted by Gasteiger charge is 2.19. The van der Waals surface area contributed by atoms with Crippen LogP contribution in [0.2, 0.25) is 5.02 Å². The first kappa shape index (κ1) is 16.3. The van der Waals surface area contributed by atoms with Crippen LogP contribution in [0.1, 0.15) is 39.2 Å². The molecule has 0 atom stereocenters. The van der Waals surface area contributed by atoms with Gasteiger partial charge in [0.05, 0.1) is 10.7 Å². The van der Waals surface area contributed by atoms with E-state index in [4.69, 9.17) is 11.6 Å². The molecule has 1 amide bonds. The van der Waals surface area contributed by atoms with Gasteiger partial charge in [0.25, 0.3) is 5.91 Å². The van der Waals surface area contributed by atoms with Crippen molar-refractivity contribution in [1.82, 2.24) is 5.43 Å². The molecule has 1 aromatic heterocycles. The van der Waals surface area contributed by atoms with Crippen molar-refractivity contribution in [3.63, 3.8) is 0 Å². The highest BCUT2D eigenvalue weighted by Crippen LogP contribution is 2.35. The van der Waals surface area contributed by atoms with E-state index in [2.05, 4.69) is 22.7 Å². The number of thiophene rings is 1. The van der Waals surface area contributed by atoms with Gasteiger partial charge in [-0.05, 0) is 43.4 Å². The fourth-order valence-corrected chi connectivity index (χ4v) is 4.71. The summed E-state index contributed by atoms with van der Waals surface area (Å²) in [5.41, 5.74) is 7.20. The second-order valence-electron chi connectivity index (χ2n) is 6.25. The minimum atomic E-state index is -0.251. The van der Waals surface area contributed by atoms with Gasteiger partial charge in [0.2, 0.25) is 0 Å². The van der Waals surface area contributed by atoms with Crippen LogP contribution >= 0.6 is 22.9 Å². The Bertz CT molecular complexity index is 1010. The molecule has 0 radical (unpaired) electrons. The number of benzene rings is 2. The Morgan fingerprint density at radius 3 is 2.92 bits per heavy atom. The lowest BCUT2D eigenvalue weighted by Crippen LogP contribution is -2.21. The van der Waals surface area contributed by atoms with Gasteiger partial charge in [0, 0.05) is 15.6 Å². The average molecular weight is 369 g/mol. The molecule has 2 aromatic carbocycles. The summed E-state index contributed by atoms with van der Waals surface area (Å²) in [6.45, 7) is 2.03. The van der Waals surface area contributed by atoms with Crippen LogP contribution in [0.15, 0.2) is 47.6 Å². The van der Waals surface area contributed by atoms with E-state index in [0.29, 0.717) is 9.90 Å². The lowest BCUT2D eigenvalue weighted by Gasteiger charge is -2.17. The highest BCUT2D eigenvalue weighted by molar-refractivity contribution is 7.21. The summed E-state index contributed by atoms with van der Waals surface area (Å²) in [5, 5.41) is 5.81. The SMILES string of the molecule is Cc1ccc2c(Cl)c(C(=O)NN=C3CCCc4ccccc43)sc2c1. The van der Waals surface area contributed by atoms with Gasteiger partial charge in [-0.25, -0.2) is 5.43 Å². The molecule has 0 aliphatic heterocycles. The van der Waals surface area contributed by atoms with Crippen LogP contribution in [-0.4, -0.2) is 11.6 Å². The molecule has 25 heavy (non-hydrogen) atoms. The predicted octanol–water partition coefficient (Wildman–Crippen LogP) is 5.33. The molecular formula is C20H17ClN2OS. The summed E-state index contributed by atoms with van der Waals surface area (Å²) in [4.78, 5) is 13.1. The third-order valence-corrected chi connectivity index (χ3v) is 6.13. The monoisotopic (exact) mass is 368 g/mol. The van der Waals surface area contributed by atoms with Gasteiger partial charge in [-0.3, -0.25) is 4.79 Å². The number of hydrazone groups is 1. The zero-order valence-electron chi connectivity index (χ0n) is 13.8. The number of rotatable bonds is 2. The minimum Gasteiger partial charge on any atom is -0.266 e. The summed E-state index contributed by atoms with van der Waals surface area (Å²) < 4.78 is 1.02. The van der Waals surface area contributed by atoms with Crippen molar-refractivity contribution in [3.8, 4) is 0 Å². The fourth-order valence-electron chi connectivity index (χ4n) is 3.20. The zero-order chi connectivity index (χ0) is 17.4. The molecule has 1 heterocycles. The van der Waals surface area contributed by atoms with Gasteiger partial charge >= 0.3 is 0 Å². The van der Waals surface area contributed by atoms with Crippen LogP contribution in [0, 0.1) is 6.92 Å². The number of halogens is 1. The third kappa shape index (κ3) is 3.08. The number of aryl methyl sites for hydroxylation is 2. The van der Waals surface area contributed by atoms with Crippen molar-refractivity contribution >= 4 is 44.6 Å². The Morgan fingerprint density at radius 1 is 1.20 bits per heavy atom. The molecule has 1 aliphatic rings. The van der Waals surface area contributed by atoms with Crippen molar-refractivity contribution < 1.29 is 4.79 Å². The zero-order valence-corrected chi connectivity index (χ0v) is 15.4. The van der Waals surface area contributed by atoms with E-state index in [9.17, 15) is 4.79 Å². The van der Waals surface area contributed by atoms with E-state index in [-0.39, 0.29) is 5.91 Å². The van der Waals surface area contributed by atoms with E-state index in [1.807, 2.05) is 37.3 Å². The Labute approximate surface area is 155 Å². The predicted molar refractivity (Wildman–Crippen MR) is 105 cm³/mol. The van der Waals surface area contributed by atoms with Crippen LogP contribution in [0.4, 0.5) is 0 Å². The van der Waals surface area contributed by atoms with Gasteiger partial charge in [-0.1, -0.05) is 48.0 Å². The van der Waals surface area contributed by atoms with Gasteiger partial charge in [0.15, 0.2) is 0 Å². The van der Waals surface area contributed by atoms with Crippen LogP contribution in [0.5, 0.6) is 0 Å². The van der Waals surface area contributed by atoms with Crippen LogP contribution in [-0.2, 0) is 6.42 Å². The number of amides is 1. The Kier molecular flexibility index (Phi) is 4.32. The number of fused-ring (bicyclic) bond motifs is 2. The first-order valence-electron chi connectivity index (χ1n) is 8.27. The summed E-state index contributed by atoms with van der Waals surface area (Å²) >= 11 is 7.81. The van der Waals surface area contributed by atoms with Crippen LogP contribution in [0.3, 0.4) is 0 Å². The number of hydrogen-bond donors (Lipinski definition) is 1. The van der Waals surface area contributed by atoms with Gasteiger partial charge < -0.3 is 0 Å². The molecule has 3 aromatic rings. The highest BCUT2D eigenvalue weighted by atomic mass is 35.5. The smallest absolute Gasteiger partial charge is 0.266 e. The molecule has 126 valence electrons. The molecule has 0 bridgehead atoms. The quantitative estimate of drug-likeness (QED) is 0.610. The topological polar surface area (TPSA) is 41.5 Å². The molecule has 4 rings (SSSR count). The van der Waals surface area contributed by atoms with Crippen molar-refractivity contribution in [2.45, 2.75) is 26.2 Å². The molecule has 1 N–H and O–H groups in total. The first-order chi connectivity index (χ1) is 12.1. The van der Waals surface area contributed by atoms with E-state index >= 15 is 0 Å². The Hall–Kier alpha value is -2.17. The maximum absolute atomic E-state index is 12.6. The van der Waals surface area contributed by atoms with Crippen molar-refractivity contribution in [2.24, 2.45) is 5.10 Å². The number of carbonyl (C=O) groups is 1. The summed E-state index contributed by atoms with van der Waals surface area (Å²) in [6, 6.07) is 14.2. The normalized spacial score (nSPS) is 15.4. The molecule has 0 unspecified atom stereocenters. The molecule has 3 nitrogen and oxygen atoms in total. The maximum Gasteiger partial charge on any atom is 0.283 e. The minimum absolute atomic E-state index is 0.251. The van der Waals surface area contributed by atoms with Gasteiger partial charge in [-0.2, -0.15) is 5.10 Å². The number of nitrogens with one attached hydrogen (secondary N) is 1. The molecule has 5 heteroatoms. The Morgan fingerprint density at radius 2 is 2.04 bits per heavy atom. The number of carbonyl (C=O) groups excluding carboxylic acids is 1. The second kappa shape index (κ2) is 6.62. The Balaban J connectivity index is 1.62. The lowest BCUT2D eigenvalue weighted by atomic mass is 9.90. The molecule has 0 saturated carbocycles. The molecule has 0 spiro atoms. The van der Waals surface area contributed by atoms with E-state index in [1.54, 1.807) is 0 Å². The van der Waals surface area contributed by atoms with Crippen LogP contribution < -0.4 is 5.43 Å². The average Bonchev–Trinajstić information content (AvgIpc) is 2.95. The maximum atomic E-state index is 12.6. The fraction of sp³-hybridized carbons (Fsp3) is 0.200. The molecule has 0 saturated heterocycles. The first-order valence-corrected chi connectivity index (χ1v) is 9.47. The lowest BCUT2D eigenvalue weighted by molar-refractivity contribution is 0.0959. The van der Waals surface area contributed by atoms with Crippen molar-refractivity contribution in [1.29, 1.82) is 0 Å². The third-order valence-electron chi connectivity index (χ3n) is 4.47. The van der Waals surface area contributed by atoms with Gasteiger partial charge in [0.1, 0.15) is 4.88 Å². The van der Waals surface area contributed by atoms with Crippen molar-refractivity contribution in [3.05, 3.63) is 69.1 Å². The molecular weight excluding hydrogens is 352 g/mol. The van der Waals surface area contributed by atoms with Crippen molar-refractivity contribution in [2.75, 3.05) is 0 Å². The largest absolute Gasteiger partial charge is 0.283 e. The molecule has 0 fully saturated rings. The molecule has 1 aliphatic carbocycles. The second-order valence-corrected chi connectivity index (χ2v) is 7.69. The summed E-state index contributed by atoms with van der Waals surface area (Å²) in [7, 11) is 0. The van der Waals surface area contributed by atoms with Crippen LogP contribution in [0.25, 0.3) is 10.1 Å². The number of nitrogens with zero attached hydrogens (tertiary/aromatic N) is 1.